The Morgan fingerprint density at radius 2 is 1.88 bits per heavy atom. The summed E-state index contributed by atoms with van der Waals surface area (Å²) in [5.74, 6) is -0.932. The van der Waals surface area contributed by atoms with Crippen molar-refractivity contribution in [1.82, 2.24) is 10.2 Å². The number of aryl methyl sites for hydroxylation is 1. The van der Waals surface area contributed by atoms with Crippen LogP contribution in [0.4, 0.5) is 0 Å². The van der Waals surface area contributed by atoms with Crippen LogP contribution in [-0.2, 0) is 6.42 Å². The van der Waals surface area contributed by atoms with Crippen LogP contribution < -0.4 is 0 Å². The van der Waals surface area contributed by atoms with Crippen LogP contribution in [0, 0.1) is 0 Å². The van der Waals surface area contributed by atoms with Crippen LogP contribution in [0.25, 0.3) is 22.4 Å². The summed E-state index contributed by atoms with van der Waals surface area (Å²) in [6, 6.07) is 15.4. The first-order valence-corrected chi connectivity index (χ1v) is 8.16. The topological polar surface area (TPSA) is 66.0 Å². The number of nitrogens with zero attached hydrogens (tertiary/aromatic N) is 1. The lowest BCUT2D eigenvalue weighted by Crippen LogP contribution is -2.04. The highest BCUT2D eigenvalue weighted by Crippen LogP contribution is 2.37. The Hall–Kier alpha value is -2.88. The number of benzene rings is 2. The molecule has 0 saturated heterocycles. The summed E-state index contributed by atoms with van der Waals surface area (Å²) < 4.78 is 0. The molecule has 2 N–H and O–H groups in total. The zero-order valence-electron chi connectivity index (χ0n) is 13.6. The monoisotopic (exact) mass is 320 g/mol. The van der Waals surface area contributed by atoms with Gasteiger partial charge in [-0.05, 0) is 41.7 Å². The first-order valence-electron chi connectivity index (χ1n) is 8.16. The third kappa shape index (κ3) is 3.08. The number of nitrogens with one attached hydrogen (secondary N) is 1. The lowest BCUT2D eigenvalue weighted by atomic mass is 9.87. The summed E-state index contributed by atoms with van der Waals surface area (Å²) in [5, 5.41) is 16.6. The molecule has 4 heteroatoms. The number of unbranched alkanes of at least 4 members (excludes halogenated alkanes) is 1. The number of carboxylic acids is 1. The molecule has 0 atom stereocenters. The molecule has 0 spiro atoms. The van der Waals surface area contributed by atoms with E-state index in [4.69, 9.17) is 0 Å². The molecule has 0 saturated carbocycles. The van der Waals surface area contributed by atoms with Crippen LogP contribution in [0.5, 0.6) is 0 Å². The van der Waals surface area contributed by atoms with Crippen molar-refractivity contribution in [1.29, 1.82) is 0 Å². The van der Waals surface area contributed by atoms with E-state index in [0.29, 0.717) is 11.1 Å². The molecule has 1 aromatic heterocycles. The van der Waals surface area contributed by atoms with Gasteiger partial charge < -0.3 is 5.11 Å². The Bertz CT molecular complexity index is 824. The molecular formula is C20H20N2O2. The summed E-state index contributed by atoms with van der Waals surface area (Å²) in [4.78, 5) is 11.8. The van der Waals surface area contributed by atoms with Gasteiger partial charge in [0.1, 0.15) is 0 Å². The van der Waals surface area contributed by atoms with Crippen molar-refractivity contribution in [3.63, 3.8) is 0 Å². The van der Waals surface area contributed by atoms with E-state index in [0.717, 1.165) is 41.6 Å². The van der Waals surface area contributed by atoms with Gasteiger partial charge in [-0.25, -0.2) is 4.79 Å². The Morgan fingerprint density at radius 3 is 2.50 bits per heavy atom. The van der Waals surface area contributed by atoms with Gasteiger partial charge in [-0.2, -0.15) is 5.10 Å². The number of aromatic amines is 1. The van der Waals surface area contributed by atoms with Crippen LogP contribution >= 0.6 is 0 Å². The second kappa shape index (κ2) is 7.13. The average Bonchev–Trinajstić information content (AvgIpc) is 3.14. The molecule has 0 unspecified atom stereocenters. The lowest BCUT2D eigenvalue weighted by Gasteiger charge is -2.17. The zero-order chi connectivity index (χ0) is 16.9. The molecule has 122 valence electrons. The summed E-state index contributed by atoms with van der Waals surface area (Å²) in [7, 11) is 0. The average molecular weight is 320 g/mol. The quantitative estimate of drug-likeness (QED) is 0.686. The van der Waals surface area contributed by atoms with Crippen LogP contribution in [0.3, 0.4) is 0 Å². The minimum absolute atomic E-state index is 0.290. The van der Waals surface area contributed by atoms with E-state index in [9.17, 15) is 9.90 Å². The van der Waals surface area contributed by atoms with Crippen LogP contribution in [-0.4, -0.2) is 21.3 Å². The fraction of sp³-hybridized carbons (Fsp3) is 0.200. The molecule has 0 radical (unpaired) electrons. The molecule has 0 amide bonds. The highest BCUT2D eigenvalue weighted by atomic mass is 16.4. The predicted molar refractivity (Wildman–Crippen MR) is 95.0 cm³/mol. The molecule has 3 rings (SSSR count). The van der Waals surface area contributed by atoms with E-state index in [1.54, 1.807) is 12.3 Å². The molecule has 4 nitrogen and oxygen atoms in total. The van der Waals surface area contributed by atoms with Gasteiger partial charge in [0, 0.05) is 11.8 Å². The van der Waals surface area contributed by atoms with Gasteiger partial charge in [0.2, 0.25) is 0 Å². The number of carboxylic acid groups (broad SMARTS) is 1. The van der Waals surface area contributed by atoms with Gasteiger partial charge in [-0.3, -0.25) is 5.10 Å². The van der Waals surface area contributed by atoms with Crippen molar-refractivity contribution >= 4 is 5.97 Å². The van der Waals surface area contributed by atoms with Gasteiger partial charge in [-0.1, -0.05) is 49.7 Å². The van der Waals surface area contributed by atoms with Crippen molar-refractivity contribution in [2.24, 2.45) is 0 Å². The molecule has 2 aromatic carbocycles. The molecular weight excluding hydrogens is 300 g/mol. The minimum Gasteiger partial charge on any atom is -0.478 e. The van der Waals surface area contributed by atoms with E-state index in [1.807, 2.05) is 42.5 Å². The largest absolute Gasteiger partial charge is 0.478 e. The molecule has 1 heterocycles. The van der Waals surface area contributed by atoms with Gasteiger partial charge in [0.05, 0.1) is 11.3 Å². The molecule has 0 fully saturated rings. The smallest absolute Gasteiger partial charge is 0.336 e. The summed E-state index contributed by atoms with van der Waals surface area (Å²) in [6.45, 7) is 2.16. The maximum atomic E-state index is 11.8. The van der Waals surface area contributed by atoms with E-state index in [-0.39, 0.29) is 0 Å². The SMILES string of the molecule is CCCCc1ccc(C(=O)O)c(-c2ccn[nH]2)c1-c1ccccc1. The van der Waals surface area contributed by atoms with E-state index in [1.165, 1.54) is 0 Å². The Morgan fingerprint density at radius 1 is 1.08 bits per heavy atom. The maximum Gasteiger partial charge on any atom is 0.336 e. The zero-order valence-corrected chi connectivity index (χ0v) is 13.6. The first-order chi connectivity index (χ1) is 11.7. The maximum absolute atomic E-state index is 11.8. The van der Waals surface area contributed by atoms with Gasteiger partial charge in [-0.15, -0.1) is 0 Å². The summed E-state index contributed by atoms with van der Waals surface area (Å²) >= 11 is 0. The number of carbonyl (C=O) groups is 1. The lowest BCUT2D eigenvalue weighted by molar-refractivity contribution is 0.0697. The van der Waals surface area contributed by atoms with Gasteiger partial charge in [0.15, 0.2) is 0 Å². The van der Waals surface area contributed by atoms with Gasteiger partial charge in [0.25, 0.3) is 0 Å². The van der Waals surface area contributed by atoms with E-state index >= 15 is 0 Å². The van der Waals surface area contributed by atoms with Crippen LogP contribution in [0.15, 0.2) is 54.7 Å². The van der Waals surface area contributed by atoms with E-state index < -0.39 is 5.97 Å². The van der Waals surface area contributed by atoms with Crippen molar-refractivity contribution < 1.29 is 9.90 Å². The standard InChI is InChI=1S/C20H20N2O2/c1-2-3-7-15-10-11-16(20(23)24)19(17-12-13-21-22-17)18(15)14-8-5-4-6-9-14/h4-6,8-13H,2-3,7H2,1H3,(H,21,22)(H,23,24). The third-order valence-corrected chi connectivity index (χ3v) is 4.15. The van der Waals surface area contributed by atoms with Crippen LogP contribution in [0.1, 0.15) is 35.7 Å². The second-order valence-corrected chi connectivity index (χ2v) is 5.77. The molecule has 3 aromatic rings. The van der Waals surface area contributed by atoms with E-state index in [2.05, 4.69) is 17.1 Å². The Kier molecular flexibility index (Phi) is 4.75. The number of hydrogen-bond donors (Lipinski definition) is 2. The fourth-order valence-corrected chi connectivity index (χ4v) is 3.01. The highest BCUT2D eigenvalue weighted by molar-refractivity contribution is 6.01. The molecule has 0 aliphatic heterocycles. The molecule has 0 aliphatic rings. The molecule has 24 heavy (non-hydrogen) atoms. The summed E-state index contributed by atoms with van der Waals surface area (Å²) in [5.41, 5.74) is 4.89. The van der Waals surface area contributed by atoms with Crippen molar-refractivity contribution in [3.05, 3.63) is 65.9 Å². The minimum atomic E-state index is -0.932. The number of aromatic nitrogens is 2. The first kappa shape index (κ1) is 16.0. The third-order valence-electron chi connectivity index (χ3n) is 4.15. The number of H-pyrrole nitrogens is 1. The second-order valence-electron chi connectivity index (χ2n) is 5.77. The summed E-state index contributed by atoms with van der Waals surface area (Å²) in [6.07, 6.45) is 4.72. The number of rotatable bonds is 6. The predicted octanol–water partition coefficient (Wildman–Crippen LogP) is 4.78. The Balaban J connectivity index is 2.31. The van der Waals surface area contributed by atoms with Crippen LogP contribution in [0.2, 0.25) is 0 Å². The number of hydrogen-bond acceptors (Lipinski definition) is 2. The Labute approximate surface area is 141 Å². The van der Waals surface area contributed by atoms with Gasteiger partial charge >= 0.3 is 5.97 Å². The van der Waals surface area contributed by atoms with Crippen molar-refractivity contribution in [3.8, 4) is 22.4 Å². The van der Waals surface area contributed by atoms with Crippen molar-refractivity contribution in [2.75, 3.05) is 0 Å². The van der Waals surface area contributed by atoms with Crippen molar-refractivity contribution in [2.45, 2.75) is 26.2 Å². The normalized spacial score (nSPS) is 10.7. The number of aromatic carboxylic acids is 1. The molecule has 0 aliphatic carbocycles. The highest BCUT2D eigenvalue weighted by Gasteiger charge is 2.20. The molecule has 0 bridgehead atoms. The fourth-order valence-electron chi connectivity index (χ4n) is 3.01.